The van der Waals surface area contributed by atoms with Crippen LogP contribution in [0.2, 0.25) is 0 Å². The number of nitrogens with zero attached hydrogens (tertiary/aromatic N) is 2. The third-order valence-electron chi connectivity index (χ3n) is 2.24. The van der Waals surface area contributed by atoms with Gasteiger partial charge in [-0.05, 0) is 12.5 Å². The molecule has 0 aliphatic carbocycles. The summed E-state index contributed by atoms with van der Waals surface area (Å²) in [5.41, 5.74) is 0.796. The van der Waals surface area contributed by atoms with Gasteiger partial charge in [0.15, 0.2) is 5.82 Å². The minimum Gasteiger partial charge on any atom is -0.280 e. The van der Waals surface area contributed by atoms with E-state index >= 15 is 0 Å². The van der Waals surface area contributed by atoms with Crippen LogP contribution in [-0.2, 0) is 16.4 Å². The van der Waals surface area contributed by atoms with Crippen LogP contribution in [-0.4, -0.2) is 23.6 Å². The van der Waals surface area contributed by atoms with Crippen molar-refractivity contribution in [2.75, 3.05) is 4.72 Å². The maximum Gasteiger partial charge on any atom is 0.264 e. The lowest BCUT2D eigenvalue weighted by Gasteiger charge is -2.04. The molecule has 0 aliphatic rings. The van der Waals surface area contributed by atoms with Gasteiger partial charge in [-0.3, -0.25) is 14.8 Å². The molecule has 0 aliphatic heterocycles. The molecular weight excluding hydrogens is 259 g/mol. The molecule has 0 unspecified atom stereocenters. The third-order valence-corrected chi connectivity index (χ3v) is 3.56. The van der Waals surface area contributed by atoms with E-state index in [0.29, 0.717) is 6.42 Å². The Morgan fingerprint density at radius 2 is 2.17 bits per heavy atom. The first-order valence-electron chi connectivity index (χ1n) is 5.19. The van der Waals surface area contributed by atoms with Crippen molar-refractivity contribution >= 4 is 15.8 Å². The van der Waals surface area contributed by atoms with Gasteiger partial charge in [-0.2, -0.15) is 5.10 Å². The summed E-state index contributed by atoms with van der Waals surface area (Å²) in [5.74, 6) is -0.551. The molecule has 0 saturated heterocycles. The summed E-state index contributed by atoms with van der Waals surface area (Å²) in [6, 6.07) is 2.47. The van der Waals surface area contributed by atoms with Gasteiger partial charge in [0.2, 0.25) is 0 Å². The van der Waals surface area contributed by atoms with Gasteiger partial charge in [-0.1, -0.05) is 6.92 Å². The molecule has 2 heterocycles. The summed E-state index contributed by atoms with van der Waals surface area (Å²) in [4.78, 5) is 3.24. The van der Waals surface area contributed by atoms with Crippen molar-refractivity contribution in [1.82, 2.24) is 15.2 Å². The zero-order valence-electron chi connectivity index (χ0n) is 9.51. The zero-order chi connectivity index (χ0) is 13.2. The molecule has 0 fully saturated rings. The number of nitrogens with one attached hydrogen (secondary N) is 2. The lowest BCUT2D eigenvalue weighted by molar-refractivity contribution is 0.592. The highest BCUT2D eigenvalue weighted by molar-refractivity contribution is 7.92. The van der Waals surface area contributed by atoms with Crippen LogP contribution in [0.25, 0.3) is 0 Å². The largest absolute Gasteiger partial charge is 0.280 e. The number of hydrogen-bond acceptors (Lipinski definition) is 4. The van der Waals surface area contributed by atoms with Crippen molar-refractivity contribution in [2.24, 2.45) is 0 Å². The van der Waals surface area contributed by atoms with Gasteiger partial charge in [-0.25, -0.2) is 12.8 Å². The molecular formula is C10H11FN4O2S. The Hall–Kier alpha value is -1.96. The van der Waals surface area contributed by atoms with E-state index in [2.05, 4.69) is 19.9 Å². The highest BCUT2D eigenvalue weighted by Gasteiger charge is 2.16. The van der Waals surface area contributed by atoms with E-state index in [1.807, 2.05) is 6.92 Å². The summed E-state index contributed by atoms with van der Waals surface area (Å²) in [7, 11) is -3.87. The average molecular weight is 270 g/mol. The summed E-state index contributed by atoms with van der Waals surface area (Å²) in [6.45, 7) is 1.91. The maximum atomic E-state index is 12.9. The fraction of sp³-hybridized carbons (Fsp3) is 0.200. The lowest BCUT2D eigenvalue weighted by Crippen LogP contribution is -2.13. The number of aromatic nitrogens is 3. The molecule has 2 N–H and O–H groups in total. The second-order valence-electron chi connectivity index (χ2n) is 3.58. The van der Waals surface area contributed by atoms with E-state index in [4.69, 9.17) is 0 Å². The minimum atomic E-state index is -3.87. The number of aromatic amines is 1. The highest BCUT2D eigenvalue weighted by atomic mass is 32.2. The Morgan fingerprint density at radius 3 is 2.78 bits per heavy atom. The van der Waals surface area contributed by atoms with E-state index in [0.717, 1.165) is 24.2 Å². The number of H-pyrrole nitrogens is 1. The number of halogens is 1. The van der Waals surface area contributed by atoms with Crippen LogP contribution >= 0.6 is 0 Å². The zero-order valence-corrected chi connectivity index (χ0v) is 10.3. The second-order valence-corrected chi connectivity index (χ2v) is 5.26. The van der Waals surface area contributed by atoms with Crippen LogP contribution in [0.15, 0.2) is 29.4 Å². The van der Waals surface area contributed by atoms with E-state index in [9.17, 15) is 12.8 Å². The first kappa shape index (κ1) is 12.5. The monoisotopic (exact) mass is 270 g/mol. The van der Waals surface area contributed by atoms with Gasteiger partial charge in [0.25, 0.3) is 10.0 Å². The van der Waals surface area contributed by atoms with Gasteiger partial charge in [-0.15, -0.1) is 0 Å². The Bertz CT molecular complexity index is 653. The Balaban J connectivity index is 2.27. The Labute approximate surface area is 103 Å². The normalized spacial score (nSPS) is 11.4. The van der Waals surface area contributed by atoms with Crippen LogP contribution in [0.5, 0.6) is 0 Å². The standard InChI is InChI=1S/C10H11FN4O2S/c1-2-8-4-10(14-13-8)15-18(16,17)9-3-7(11)5-12-6-9/h3-6H,2H2,1H3,(H2,13,14,15). The molecule has 0 amide bonds. The number of sulfonamides is 1. The molecule has 0 spiro atoms. The highest BCUT2D eigenvalue weighted by Crippen LogP contribution is 2.14. The van der Waals surface area contributed by atoms with Crippen LogP contribution in [0.1, 0.15) is 12.6 Å². The molecule has 2 rings (SSSR count). The van der Waals surface area contributed by atoms with Crippen molar-refractivity contribution in [3.05, 3.63) is 36.0 Å². The molecule has 6 nitrogen and oxygen atoms in total. The SMILES string of the molecule is CCc1cc(NS(=O)(=O)c2cncc(F)c2)n[nH]1. The van der Waals surface area contributed by atoms with Gasteiger partial charge in [0.1, 0.15) is 10.7 Å². The molecule has 0 bridgehead atoms. The Kier molecular flexibility index (Phi) is 3.28. The van der Waals surface area contributed by atoms with Crippen molar-refractivity contribution in [1.29, 1.82) is 0 Å². The fourth-order valence-corrected chi connectivity index (χ4v) is 2.30. The van der Waals surface area contributed by atoms with Crippen LogP contribution in [0.4, 0.5) is 10.2 Å². The van der Waals surface area contributed by atoms with E-state index in [-0.39, 0.29) is 10.7 Å². The number of hydrogen-bond donors (Lipinski definition) is 2. The second kappa shape index (κ2) is 4.73. The molecule has 8 heteroatoms. The topological polar surface area (TPSA) is 87.7 Å². The Morgan fingerprint density at radius 1 is 1.39 bits per heavy atom. The molecule has 2 aromatic heterocycles. The number of pyridine rings is 1. The lowest BCUT2D eigenvalue weighted by atomic mass is 10.3. The smallest absolute Gasteiger partial charge is 0.264 e. The van der Waals surface area contributed by atoms with Crippen molar-refractivity contribution in [3.8, 4) is 0 Å². The molecule has 96 valence electrons. The maximum absolute atomic E-state index is 12.9. The molecule has 18 heavy (non-hydrogen) atoms. The van der Waals surface area contributed by atoms with Crippen molar-refractivity contribution in [2.45, 2.75) is 18.2 Å². The van der Waals surface area contributed by atoms with Gasteiger partial charge in [0.05, 0.1) is 6.20 Å². The van der Waals surface area contributed by atoms with Gasteiger partial charge in [0, 0.05) is 18.0 Å². The molecule has 0 aromatic carbocycles. The number of anilines is 1. The van der Waals surface area contributed by atoms with Crippen molar-refractivity contribution in [3.63, 3.8) is 0 Å². The molecule has 2 aromatic rings. The van der Waals surface area contributed by atoms with Crippen LogP contribution in [0, 0.1) is 5.82 Å². The quantitative estimate of drug-likeness (QED) is 0.876. The van der Waals surface area contributed by atoms with E-state index in [1.54, 1.807) is 6.07 Å². The fourth-order valence-electron chi connectivity index (χ4n) is 1.33. The molecule has 0 saturated carbocycles. The number of aryl methyl sites for hydroxylation is 1. The van der Waals surface area contributed by atoms with Crippen LogP contribution < -0.4 is 4.72 Å². The average Bonchev–Trinajstić information content (AvgIpc) is 2.76. The first-order valence-corrected chi connectivity index (χ1v) is 6.67. The third kappa shape index (κ3) is 2.65. The predicted octanol–water partition coefficient (Wildman–Crippen LogP) is 1.31. The summed E-state index contributed by atoms with van der Waals surface area (Å²) in [6.07, 6.45) is 2.71. The first-order chi connectivity index (χ1) is 8.51. The summed E-state index contributed by atoms with van der Waals surface area (Å²) >= 11 is 0. The van der Waals surface area contributed by atoms with Gasteiger partial charge >= 0.3 is 0 Å². The predicted molar refractivity (Wildman–Crippen MR) is 63.0 cm³/mol. The van der Waals surface area contributed by atoms with E-state index < -0.39 is 15.8 Å². The number of rotatable bonds is 4. The van der Waals surface area contributed by atoms with Crippen LogP contribution in [0.3, 0.4) is 0 Å². The molecule has 0 atom stereocenters. The summed E-state index contributed by atoms with van der Waals surface area (Å²) in [5, 5.41) is 6.46. The molecule has 0 radical (unpaired) electrons. The summed E-state index contributed by atoms with van der Waals surface area (Å²) < 4.78 is 38.9. The van der Waals surface area contributed by atoms with Crippen molar-refractivity contribution < 1.29 is 12.8 Å². The minimum absolute atomic E-state index is 0.163. The van der Waals surface area contributed by atoms with E-state index in [1.165, 1.54) is 0 Å². The van der Waals surface area contributed by atoms with Gasteiger partial charge < -0.3 is 0 Å².